The van der Waals surface area contributed by atoms with Crippen molar-refractivity contribution in [3.8, 4) is 0 Å². The van der Waals surface area contributed by atoms with Crippen molar-refractivity contribution in [2.75, 3.05) is 6.54 Å². The van der Waals surface area contributed by atoms with Gasteiger partial charge >= 0.3 is 0 Å². The van der Waals surface area contributed by atoms with Crippen molar-refractivity contribution in [2.24, 2.45) is 0 Å². The van der Waals surface area contributed by atoms with E-state index in [1.54, 1.807) is 12.4 Å². The Morgan fingerprint density at radius 1 is 1.29 bits per heavy atom. The Hall–Kier alpha value is -2.53. The first kappa shape index (κ1) is 16.3. The molecule has 1 aliphatic rings. The van der Waals surface area contributed by atoms with Crippen LogP contribution in [0.3, 0.4) is 0 Å². The van der Waals surface area contributed by atoms with E-state index >= 15 is 0 Å². The highest BCUT2D eigenvalue weighted by atomic mass is 16.3. The average Bonchev–Trinajstić information content (AvgIpc) is 3.10. The molecule has 24 heavy (non-hydrogen) atoms. The number of nitrogens with one attached hydrogen (secondary N) is 2. The molecule has 5 heteroatoms. The molecule has 1 amide bonds. The van der Waals surface area contributed by atoms with Crippen molar-refractivity contribution in [3.63, 3.8) is 0 Å². The SMILES string of the molecule is CCCCN1C=C(C(=O)NCc2ccccc2)c2cc[nH]c2C1O. The van der Waals surface area contributed by atoms with Crippen LogP contribution in [-0.2, 0) is 11.3 Å². The number of hydrogen-bond acceptors (Lipinski definition) is 3. The molecule has 0 spiro atoms. The number of carbonyl (C=O) groups excluding carboxylic acids is 1. The van der Waals surface area contributed by atoms with Crippen LogP contribution in [0, 0.1) is 0 Å². The van der Waals surface area contributed by atoms with Crippen LogP contribution in [0.5, 0.6) is 0 Å². The van der Waals surface area contributed by atoms with Gasteiger partial charge in [-0.25, -0.2) is 0 Å². The highest BCUT2D eigenvalue weighted by molar-refractivity contribution is 6.20. The first-order valence-electron chi connectivity index (χ1n) is 8.36. The van der Waals surface area contributed by atoms with Crippen LogP contribution in [0.25, 0.3) is 5.57 Å². The quantitative estimate of drug-likeness (QED) is 0.765. The van der Waals surface area contributed by atoms with Gasteiger partial charge in [-0.2, -0.15) is 0 Å². The fraction of sp³-hybridized carbons (Fsp3) is 0.316. The van der Waals surface area contributed by atoms with E-state index in [0.29, 0.717) is 24.4 Å². The molecule has 0 saturated carbocycles. The number of rotatable bonds is 6. The van der Waals surface area contributed by atoms with E-state index in [1.807, 2.05) is 41.3 Å². The minimum atomic E-state index is -0.729. The zero-order chi connectivity index (χ0) is 16.9. The summed E-state index contributed by atoms with van der Waals surface area (Å²) in [6, 6.07) is 11.7. The molecule has 3 N–H and O–H groups in total. The molecule has 1 aliphatic heterocycles. The monoisotopic (exact) mass is 325 g/mol. The van der Waals surface area contributed by atoms with Gasteiger partial charge in [0.1, 0.15) is 0 Å². The fourth-order valence-electron chi connectivity index (χ4n) is 2.88. The highest BCUT2D eigenvalue weighted by Gasteiger charge is 2.29. The summed E-state index contributed by atoms with van der Waals surface area (Å²) in [5, 5.41) is 13.4. The van der Waals surface area contributed by atoms with Crippen LogP contribution in [0.2, 0.25) is 0 Å². The number of aliphatic hydroxyl groups is 1. The van der Waals surface area contributed by atoms with Gasteiger partial charge in [0.05, 0.1) is 11.3 Å². The smallest absolute Gasteiger partial charge is 0.253 e. The number of aliphatic hydroxyl groups excluding tert-OH is 1. The third-order valence-corrected chi connectivity index (χ3v) is 4.25. The second kappa shape index (κ2) is 7.36. The first-order chi connectivity index (χ1) is 11.7. The van der Waals surface area contributed by atoms with Gasteiger partial charge in [-0.3, -0.25) is 4.79 Å². The molecule has 1 atom stereocenters. The molecule has 1 aromatic heterocycles. The topological polar surface area (TPSA) is 68.4 Å². The van der Waals surface area contributed by atoms with Crippen molar-refractivity contribution in [3.05, 3.63) is 65.6 Å². The molecule has 0 saturated heterocycles. The molecule has 2 aromatic rings. The summed E-state index contributed by atoms with van der Waals surface area (Å²) in [7, 11) is 0. The third-order valence-electron chi connectivity index (χ3n) is 4.25. The second-order valence-electron chi connectivity index (χ2n) is 5.98. The Morgan fingerprint density at radius 3 is 2.83 bits per heavy atom. The Labute approximate surface area is 142 Å². The van der Waals surface area contributed by atoms with Gasteiger partial charge in [0.25, 0.3) is 5.91 Å². The summed E-state index contributed by atoms with van der Waals surface area (Å²) in [5.74, 6) is -0.131. The number of carbonyl (C=O) groups is 1. The molecule has 0 bridgehead atoms. The number of aromatic amines is 1. The zero-order valence-corrected chi connectivity index (χ0v) is 13.8. The summed E-state index contributed by atoms with van der Waals surface area (Å²) in [6.45, 7) is 3.30. The Kier molecular flexibility index (Phi) is 5.01. The highest BCUT2D eigenvalue weighted by Crippen LogP contribution is 2.32. The van der Waals surface area contributed by atoms with Crippen molar-refractivity contribution in [2.45, 2.75) is 32.5 Å². The molecule has 1 aromatic carbocycles. The van der Waals surface area contributed by atoms with Crippen LogP contribution in [0.15, 0.2) is 48.8 Å². The first-order valence-corrected chi connectivity index (χ1v) is 8.36. The number of unbranched alkanes of at least 4 members (excludes halogenated alkanes) is 1. The zero-order valence-electron chi connectivity index (χ0n) is 13.8. The van der Waals surface area contributed by atoms with E-state index in [4.69, 9.17) is 0 Å². The van der Waals surface area contributed by atoms with Crippen molar-refractivity contribution >= 4 is 11.5 Å². The van der Waals surface area contributed by atoms with Crippen molar-refractivity contribution < 1.29 is 9.90 Å². The molecular formula is C19H23N3O2. The van der Waals surface area contributed by atoms with Crippen LogP contribution in [-0.4, -0.2) is 27.4 Å². The molecular weight excluding hydrogens is 302 g/mol. The van der Waals surface area contributed by atoms with E-state index in [0.717, 1.165) is 24.0 Å². The molecule has 126 valence electrons. The lowest BCUT2D eigenvalue weighted by Gasteiger charge is -2.31. The number of fused-ring (bicyclic) bond motifs is 1. The predicted molar refractivity (Wildman–Crippen MR) is 93.6 cm³/mol. The standard InChI is InChI=1S/C19H23N3O2/c1-2-3-11-22-13-16(15-9-10-20-17(15)19(22)24)18(23)21-12-14-7-5-4-6-8-14/h4-10,13,19-20,24H,2-3,11-12H2,1H3,(H,21,23). The largest absolute Gasteiger partial charge is 0.368 e. The number of amides is 1. The van der Waals surface area contributed by atoms with E-state index in [1.165, 1.54) is 0 Å². The lowest BCUT2D eigenvalue weighted by molar-refractivity contribution is -0.115. The van der Waals surface area contributed by atoms with Gasteiger partial charge in [0.2, 0.25) is 0 Å². The number of nitrogens with zero attached hydrogens (tertiary/aromatic N) is 1. The maximum atomic E-state index is 12.7. The van der Waals surface area contributed by atoms with E-state index in [-0.39, 0.29) is 5.91 Å². The number of hydrogen-bond donors (Lipinski definition) is 3. The molecule has 2 heterocycles. The molecule has 3 rings (SSSR count). The van der Waals surface area contributed by atoms with E-state index < -0.39 is 6.23 Å². The Balaban J connectivity index is 1.77. The van der Waals surface area contributed by atoms with Gasteiger partial charge in [0, 0.05) is 31.0 Å². The Morgan fingerprint density at radius 2 is 2.08 bits per heavy atom. The van der Waals surface area contributed by atoms with Crippen LogP contribution >= 0.6 is 0 Å². The molecule has 1 unspecified atom stereocenters. The summed E-state index contributed by atoms with van der Waals surface area (Å²) in [6.07, 6.45) is 4.80. The van der Waals surface area contributed by atoms with Crippen LogP contribution < -0.4 is 5.32 Å². The lowest BCUT2D eigenvalue weighted by atomic mass is 10.0. The number of aromatic nitrogens is 1. The summed E-state index contributed by atoms with van der Waals surface area (Å²) < 4.78 is 0. The molecule has 0 aliphatic carbocycles. The fourth-order valence-corrected chi connectivity index (χ4v) is 2.88. The van der Waals surface area contributed by atoms with Gasteiger partial charge in [0.15, 0.2) is 6.23 Å². The van der Waals surface area contributed by atoms with Crippen molar-refractivity contribution in [1.82, 2.24) is 15.2 Å². The third kappa shape index (κ3) is 3.36. The minimum absolute atomic E-state index is 0.131. The van der Waals surface area contributed by atoms with Gasteiger partial charge in [-0.1, -0.05) is 43.7 Å². The second-order valence-corrected chi connectivity index (χ2v) is 5.98. The lowest BCUT2D eigenvalue weighted by Crippen LogP contribution is -2.33. The normalized spacial score (nSPS) is 16.5. The van der Waals surface area contributed by atoms with Crippen molar-refractivity contribution in [1.29, 1.82) is 0 Å². The van der Waals surface area contributed by atoms with Gasteiger partial charge < -0.3 is 20.3 Å². The molecule has 5 nitrogen and oxygen atoms in total. The average molecular weight is 325 g/mol. The van der Waals surface area contributed by atoms with Gasteiger partial charge in [-0.05, 0) is 18.1 Å². The maximum absolute atomic E-state index is 12.7. The maximum Gasteiger partial charge on any atom is 0.253 e. The molecule has 0 fully saturated rings. The number of H-pyrrole nitrogens is 1. The van der Waals surface area contributed by atoms with Crippen LogP contribution in [0.1, 0.15) is 42.8 Å². The van der Waals surface area contributed by atoms with E-state index in [2.05, 4.69) is 17.2 Å². The van der Waals surface area contributed by atoms with E-state index in [9.17, 15) is 9.90 Å². The summed E-state index contributed by atoms with van der Waals surface area (Å²) >= 11 is 0. The molecule has 0 radical (unpaired) electrons. The number of benzene rings is 1. The summed E-state index contributed by atoms with van der Waals surface area (Å²) in [5.41, 5.74) is 3.09. The Bertz CT molecular complexity index is 721. The minimum Gasteiger partial charge on any atom is -0.368 e. The summed E-state index contributed by atoms with van der Waals surface area (Å²) in [4.78, 5) is 17.5. The van der Waals surface area contributed by atoms with Gasteiger partial charge in [-0.15, -0.1) is 0 Å². The van der Waals surface area contributed by atoms with Crippen LogP contribution in [0.4, 0.5) is 0 Å². The predicted octanol–water partition coefficient (Wildman–Crippen LogP) is 2.78.